The largest absolute Gasteiger partial charge is 0.379 e. The van der Waals surface area contributed by atoms with Crippen LogP contribution in [-0.2, 0) is 4.79 Å². The van der Waals surface area contributed by atoms with Gasteiger partial charge in [0, 0.05) is 18.3 Å². The summed E-state index contributed by atoms with van der Waals surface area (Å²) >= 11 is 5.75. The minimum atomic E-state index is 0.127. The van der Waals surface area contributed by atoms with Crippen LogP contribution in [0.15, 0.2) is 5.70 Å². The molecule has 0 radical (unpaired) electrons. The molecule has 1 N–H and O–H groups in total. The van der Waals surface area contributed by atoms with Crippen molar-refractivity contribution in [1.29, 1.82) is 0 Å². The number of piperidine rings is 1. The van der Waals surface area contributed by atoms with Crippen molar-refractivity contribution in [3.63, 3.8) is 0 Å². The molecule has 0 spiro atoms. The van der Waals surface area contributed by atoms with Gasteiger partial charge in [-0.1, -0.05) is 0 Å². The Hall–Kier alpha value is -0.460. The van der Waals surface area contributed by atoms with Crippen molar-refractivity contribution in [2.45, 2.75) is 18.2 Å². The van der Waals surface area contributed by atoms with Gasteiger partial charge in [-0.2, -0.15) is 0 Å². The highest BCUT2D eigenvalue weighted by molar-refractivity contribution is 6.20. The molecule has 0 aliphatic carbocycles. The Labute approximate surface area is 58.9 Å². The Morgan fingerprint density at radius 3 is 3.00 bits per heavy atom. The maximum Gasteiger partial charge on any atom is 0.145 e. The first-order valence-electron chi connectivity index (χ1n) is 2.95. The van der Waals surface area contributed by atoms with Crippen molar-refractivity contribution in [2.24, 2.45) is 0 Å². The second-order valence-electron chi connectivity index (χ2n) is 2.10. The van der Waals surface area contributed by atoms with Crippen molar-refractivity contribution < 1.29 is 4.79 Å². The van der Waals surface area contributed by atoms with E-state index in [4.69, 9.17) is 11.6 Å². The summed E-state index contributed by atoms with van der Waals surface area (Å²) in [6.45, 7) is 0.804. The van der Waals surface area contributed by atoms with Gasteiger partial charge in [-0.25, -0.2) is 4.79 Å². The first-order valence-corrected chi connectivity index (χ1v) is 3.38. The number of halogens is 1. The number of alkyl halides is 1. The monoisotopic (exact) mass is 145 g/mol. The van der Waals surface area contributed by atoms with E-state index in [2.05, 4.69) is 5.32 Å². The molecule has 2 nitrogen and oxygen atoms in total. The average Bonchev–Trinajstić information content (AvgIpc) is 1.88. The molecule has 3 heteroatoms. The molecular weight excluding hydrogens is 138 g/mol. The van der Waals surface area contributed by atoms with E-state index >= 15 is 0 Å². The van der Waals surface area contributed by atoms with Gasteiger partial charge in [0.05, 0.1) is 5.70 Å². The summed E-state index contributed by atoms with van der Waals surface area (Å²) in [6, 6.07) is 0. The van der Waals surface area contributed by atoms with Crippen molar-refractivity contribution >= 4 is 17.5 Å². The predicted molar refractivity (Wildman–Crippen MR) is 36.1 cm³/mol. The molecule has 1 saturated heterocycles. The highest BCUT2D eigenvalue weighted by atomic mass is 35.5. The third kappa shape index (κ3) is 1.74. The molecule has 0 aromatic heterocycles. The molecule has 1 heterocycles. The van der Waals surface area contributed by atoms with E-state index in [1.165, 1.54) is 0 Å². The zero-order chi connectivity index (χ0) is 6.69. The normalized spacial score (nSPS) is 26.8. The second-order valence-corrected chi connectivity index (χ2v) is 2.71. The Morgan fingerprint density at radius 1 is 1.78 bits per heavy atom. The van der Waals surface area contributed by atoms with Gasteiger partial charge in [-0.05, 0) is 6.42 Å². The fourth-order valence-electron chi connectivity index (χ4n) is 0.853. The fourth-order valence-corrected chi connectivity index (χ4v) is 1.12. The number of hydrogen-bond donors (Lipinski definition) is 1. The molecule has 0 bridgehead atoms. The summed E-state index contributed by atoms with van der Waals surface area (Å²) < 4.78 is 0. The molecule has 1 aliphatic heterocycles. The fraction of sp³-hybridized carbons (Fsp3) is 0.667. The van der Waals surface area contributed by atoms with Crippen LogP contribution in [0.1, 0.15) is 12.8 Å². The second kappa shape index (κ2) is 2.90. The SMILES string of the molecule is O=C=C1CC(Cl)CCN1. The van der Waals surface area contributed by atoms with Crippen molar-refractivity contribution in [2.75, 3.05) is 6.54 Å². The van der Waals surface area contributed by atoms with Gasteiger partial charge in [0.1, 0.15) is 5.94 Å². The highest BCUT2D eigenvalue weighted by Crippen LogP contribution is 2.14. The summed E-state index contributed by atoms with van der Waals surface area (Å²) in [5.41, 5.74) is 0.612. The molecule has 0 amide bonds. The lowest BCUT2D eigenvalue weighted by atomic mass is 10.1. The van der Waals surface area contributed by atoms with Crippen molar-refractivity contribution in [3.05, 3.63) is 5.70 Å². The third-order valence-electron chi connectivity index (χ3n) is 1.34. The maximum absolute atomic E-state index is 10.0. The molecule has 0 saturated carbocycles. The van der Waals surface area contributed by atoms with Crippen LogP contribution in [-0.4, -0.2) is 17.9 Å². The smallest absolute Gasteiger partial charge is 0.145 e. The first kappa shape index (κ1) is 6.66. The molecule has 1 fully saturated rings. The summed E-state index contributed by atoms with van der Waals surface area (Å²) in [6.07, 6.45) is 1.58. The Morgan fingerprint density at radius 2 is 2.56 bits per heavy atom. The summed E-state index contributed by atoms with van der Waals surface area (Å²) in [5, 5.41) is 3.04. The van der Waals surface area contributed by atoms with Gasteiger partial charge >= 0.3 is 0 Å². The van der Waals surface area contributed by atoms with E-state index in [9.17, 15) is 4.79 Å². The van der Waals surface area contributed by atoms with Crippen LogP contribution >= 0.6 is 11.6 Å². The topological polar surface area (TPSA) is 29.1 Å². The number of carbonyl (C=O) groups excluding carboxylic acids is 1. The third-order valence-corrected chi connectivity index (χ3v) is 1.72. The highest BCUT2D eigenvalue weighted by Gasteiger charge is 2.13. The molecule has 1 rings (SSSR count). The van der Waals surface area contributed by atoms with Crippen LogP contribution in [0.2, 0.25) is 0 Å². The number of hydrogen-bond acceptors (Lipinski definition) is 2. The van der Waals surface area contributed by atoms with Gasteiger partial charge in [-0.15, -0.1) is 11.6 Å². The first-order chi connectivity index (χ1) is 4.33. The Bertz CT molecular complexity index is 151. The quantitative estimate of drug-likeness (QED) is 0.402. The molecule has 1 unspecified atom stereocenters. The van der Waals surface area contributed by atoms with Gasteiger partial charge < -0.3 is 5.32 Å². The zero-order valence-corrected chi connectivity index (χ0v) is 5.74. The van der Waals surface area contributed by atoms with E-state index in [0.29, 0.717) is 12.1 Å². The molecular formula is C6H8ClNO. The summed E-state index contributed by atoms with van der Waals surface area (Å²) in [4.78, 5) is 10.0. The molecule has 0 aromatic rings. The lowest BCUT2D eigenvalue weighted by Gasteiger charge is -2.17. The number of nitrogens with one attached hydrogen (secondary N) is 1. The van der Waals surface area contributed by atoms with Crippen LogP contribution in [0.4, 0.5) is 0 Å². The van der Waals surface area contributed by atoms with Crippen LogP contribution in [0.5, 0.6) is 0 Å². The molecule has 9 heavy (non-hydrogen) atoms. The van der Waals surface area contributed by atoms with E-state index in [-0.39, 0.29) is 5.38 Å². The van der Waals surface area contributed by atoms with Crippen LogP contribution in [0.3, 0.4) is 0 Å². The van der Waals surface area contributed by atoms with Crippen molar-refractivity contribution in [3.8, 4) is 0 Å². The molecule has 1 aliphatic rings. The predicted octanol–water partition coefficient (Wildman–Crippen LogP) is 0.693. The lowest BCUT2D eigenvalue weighted by Crippen LogP contribution is -2.26. The molecule has 0 aromatic carbocycles. The van der Waals surface area contributed by atoms with Gasteiger partial charge in [0.2, 0.25) is 0 Å². The molecule has 1 atom stereocenters. The van der Waals surface area contributed by atoms with E-state index < -0.39 is 0 Å². The Balaban J connectivity index is 2.51. The number of allylic oxidation sites excluding steroid dienone is 1. The summed E-state index contributed by atoms with van der Waals surface area (Å²) in [7, 11) is 0. The van der Waals surface area contributed by atoms with E-state index in [0.717, 1.165) is 13.0 Å². The van der Waals surface area contributed by atoms with Crippen LogP contribution < -0.4 is 5.32 Å². The Kier molecular flexibility index (Phi) is 2.15. The standard InChI is InChI=1S/C6H8ClNO/c7-5-1-2-8-6(3-5)4-9/h5,8H,1-3H2. The summed E-state index contributed by atoms with van der Waals surface area (Å²) in [5.74, 6) is 1.81. The number of rotatable bonds is 0. The lowest BCUT2D eigenvalue weighted by molar-refractivity contribution is 0.549. The average molecular weight is 146 g/mol. The minimum absolute atomic E-state index is 0.127. The van der Waals surface area contributed by atoms with E-state index in [1.807, 2.05) is 0 Å². The van der Waals surface area contributed by atoms with Gasteiger partial charge in [0.25, 0.3) is 0 Å². The van der Waals surface area contributed by atoms with Crippen molar-refractivity contribution in [1.82, 2.24) is 5.32 Å². The van der Waals surface area contributed by atoms with E-state index in [1.54, 1.807) is 5.94 Å². The van der Waals surface area contributed by atoms with Gasteiger partial charge in [0.15, 0.2) is 0 Å². The minimum Gasteiger partial charge on any atom is -0.379 e. The van der Waals surface area contributed by atoms with Crippen LogP contribution in [0.25, 0.3) is 0 Å². The maximum atomic E-state index is 10.0. The van der Waals surface area contributed by atoms with Crippen LogP contribution in [0, 0.1) is 0 Å². The molecule has 50 valence electrons. The zero-order valence-electron chi connectivity index (χ0n) is 4.98. The van der Waals surface area contributed by atoms with Gasteiger partial charge in [-0.3, -0.25) is 0 Å².